The lowest BCUT2D eigenvalue weighted by Crippen LogP contribution is -2.47. The zero-order valence-electron chi connectivity index (χ0n) is 10.1. The highest BCUT2D eigenvalue weighted by molar-refractivity contribution is 5.30. The third-order valence-corrected chi connectivity index (χ3v) is 2.75. The molecule has 1 aromatic heterocycles. The van der Waals surface area contributed by atoms with Crippen LogP contribution in [0.25, 0.3) is 0 Å². The second kappa shape index (κ2) is 4.84. The molecule has 1 aromatic rings. The number of aromatic nitrogens is 1. The fourth-order valence-electron chi connectivity index (χ4n) is 1.86. The monoisotopic (exact) mass is 225 g/mol. The quantitative estimate of drug-likeness (QED) is 0.832. The Labute approximate surface area is 95.8 Å². The SMILES string of the molecule is CNCc1coc(N2CC(C)OCC2C)n1. The number of nitrogens with one attached hydrogen (secondary N) is 1. The maximum atomic E-state index is 5.57. The lowest BCUT2D eigenvalue weighted by molar-refractivity contribution is 0.0322. The van der Waals surface area contributed by atoms with Gasteiger partial charge in [0.15, 0.2) is 0 Å². The van der Waals surface area contributed by atoms with Crippen molar-refractivity contribution in [3.8, 4) is 0 Å². The van der Waals surface area contributed by atoms with Crippen LogP contribution in [0.3, 0.4) is 0 Å². The van der Waals surface area contributed by atoms with Crippen molar-refractivity contribution < 1.29 is 9.15 Å². The summed E-state index contributed by atoms with van der Waals surface area (Å²) in [6, 6.07) is 1.02. The summed E-state index contributed by atoms with van der Waals surface area (Å²) in [7, 11) is 1.90. The molecule has 1 N–H and O–H groups in total. The van der Waals surface area contributed by atoms with Crippen LogP contribution in [-0.2, 0) is 11.3 Å². The molecule has 0 saturated carbocycles. The van der Waals surface area contributed by atoms with Gasteiger partial charge in [-0.1, -0.05) is 0 Å². The molecule has 2 unspecified atom stereocenters. The van der Waals surface area contributed by atoms with Gasteiger partial charge in [-0.25, -0.2) is 0 Å². The zero-order valence-corrected chi connectivity index (χ0v) is 10.1. The van der Waals surface area contributed by atoms with Crippen molar-refractivity contribution in [3.05, 3.63) is 12.0 Å². The van der Waals surface area contributed by atoms with Crippen molar-refractivity contribution in [3.63, 3.8) is 0 Å². The minimum Gasteiger partial charge on any atom is -0.432 e. The van der Waals surface area contributed by atoms with Crippen LogP contribution in [0, 0.1) is 0 Å². The first-order valence-corrected chi connectivity index (χ1v) is 5.68. The fraction of sp³-hybridized carbons (Fsp3) is 0.727. The first kappa shape index (κ1) is 11.4. The number of hydrogen-bond donors (Lipinski definition) is 1. The van der Waals surface area contributed by atoms with Crippen molar-refractivity contribution in [1.29, 1.82) is 0 Å². The molecule has 2 heterocycles. The van der Waals surface area contributed by atoms with Crippen molar-refractivity contribution in [2.45, 2.75) is 32.5 Å². The highest BCUT2D eigenvalue weighted by atomic mass is 16.5. The second-order valence-corrected chi connectivity index (χ2v) is 4.30. The van der Waals surface area contributed by atoms with Gasteiger partial charge in [-0.3, -0.25) is 0 Å². The summed E-state index contributed by atoms with van der Waals surface area (Å²) in [5, 5.41) is 3.05. The Balaban J connectivity index is 2.08. The first-order chi connectivity index (χ1) is 7.70. The summed E-state index contributed by atoms with van der Waals surface area (Å²) in [6.07, 6.45) is 1.94. The van der Waals surface area contributed by atoms with E-state index in [2.05, 4.69) is 29.0 Å². The van der Waals surface area contributed by atoms with E-state index in [-0.39, 0.29) is 6.10 Å². The van der Waals surface area contributed by atoms with E-state index < -0.39 is 0 Å². The fourth-order valence-corrected chi connectivity index (χ4v) is 1.86. The van der Waals surface area contributed by atoms with Gasteiger partial charge >= 0.3 is 0 Å². The Bertz CT molecular complexity index is 340. The van der Waals surface area contributed by atoms with E-state index in [1.165, 1.54) is 0 Å². The Hall–Kier alpha value is -1.07. The van der Waals surface area contributed by atoms with E-state index in [1.54, 1.807) is 6.26 Å². The molecule has 5 heteroatoms. The van der Waals surface area contributed by atoms with Crippen LogP contribution in [0.2, 0.25) is 0 Å². The van der Waals surface area contributed by atoms with E-state index in [4.69, 9.17) is 9.15 Å². The number of oxazole rings is 1. The van der Waals surface area contributed by atoms with Crippen molar-refractivity contribution in [1.82, 2.24) is 10.3 Å². The molecule has 16 heavy (non-hydrogen) atoms. The van der Waals surface area contributed by atoms with E-state index in [0.29, 0.717) is 12.1 Å². The summed E-state index contributed by atoms with van der Waals surface area (Å²) in [4.78, 5) is 6.61. The molecule has 1 aliphatic heterocycles. The topological polar surface area (TPSA) is 50.5 Å². The molecule has 5 nitrogen and oxygen atoms in total. The molecule has 2 rings (SSSR count). The zero-order chi connectivity index (χ0) is 11.5. The average molecular weight is 225 g/mol. The van der Waals surface area contributed by atoms with Gasteiger partial charge in [0.1, 0.15) is 6.26 Å². The maximum Gasteiger partial charge on any atom is 0.297 e. The minimum atomic E-state index is 0.232. The van der Waals surface area contributed by atoms with Crippen molar-refractivity contribution in [2.24, 2.45) is 0 Å². The lowest BCUT2D eigenvalue weighted by atomic mass is 10.2. The van der Waals surface area contributed by atoms with Crippen LogP contribution in [-0.4, -0.2) is 37.3 Å². The highest BCUT2D eigenvalue weighted by Crippen LogP contribution is 2.20. The molecular formula is C11H19N3O2. The van der Waals surface area contributed by atoms with E-state index >= 15 is 0 Å². The van der Waals surface area contributed by atoms with Gasteiger partial charge in [-0.2, -0.15) is 4.98 Å². The Morgan fingerprint density at radius 1 is 1.56 bits per heavy atom. The van der Waals surface area contributed by atoms with Crippen molar-refractivity contribution in [2.75, 3.05) is 25.1 Å². The van der Waals surface area contributed by atoms with Crippen molar-refractivity contribution >= 4 is 6.01 Å². The minimum absolute atomic E-state index is 0.232. The Morgan fingerprint density at radius 3 is 3.12 bits per heavy atom. The molecule has 0 bridgehead atoms. The Kier molecular flexibility index (Phi) is 3.46. The standard InChI is InChI=1S/C11H19N3O2/c1-8-6-15-9(2)5-14(8)11-13-10(4-12-3)7-16-11/h7-9,12H,4-6H2,1-3H3. The molecule has 1 fully saturated rings. The molecule has 1 saturated heterocycles. The highest BCUT2D eigenvalue weighted by Gasteiger charge is 2.26. The predicted molar refractivity (Wildman–Crippen MR) is 61.5 cm³/mol. The number of morpholine rings is 1. The Morgan fingerprint density at radius 2 is 2.38 bits per heavy atom. The summed E-state index contributed by atoms with van der Waals surface area (Å²) in [5.74, 6) is 0. The van der Waals surface area contributed by atoms with Crippen LogP contribution in [0.1, 0.15) is 19.5 Å². The lowest BCUT2D eigenvalue weighted by Gasteiger charge is -2.35. The number of hydrogen-bond acceptors (Lipinski definition) is 5. The van der Waals surface area contributed by atoms with E-state index in [1.807, 2.05) is 7.05 Å². The molecule has 0 aliphatic carbocycles. The normalized spacial score (nSPS) is 26.1. The number of rotatable bonds is 3. The number of ether oxygens (including phenoxy) is 1. The van der Waals surface area contributed by atoms with Gasteiger partial charge in [0.2, 0.25) is 0 Å². The third kappa shape index (κ3) is 2.36. The van der Waals surface area contributed by atoms with Gasteiger partial charge in [0.25, 0.3) is 6.01 Å². The second-order valence-electron chi connectivity index (χ2n) is 4.30. The van der Waals surface area contributed by atoms with Crippen LogP contribution in [0.15, 0.2) is 10.7 Å². The molecule has 2 atom stereocenters. The molecule has 1 aliphatic rings. The molecule has 90 valence electrons. The summed E-state index contributed by atoms with van der Waals surface area (Å²) < 4.78 is 11.1. The molecular weight excluding hydrogens is 206 g/mol. The van der Waals surface area contributed by atoms with Crippen LogP contribution in [0.5, 0.6) is 0 Å². The summed E-state index contributed by atoms with van der Waals surface area (Å²) in [6.45, 7) is 6.48. The van der Waals surface area contributed by atoms with Gasteiger partial charge in [0.05, 0.1) is 24.4 Å². The summed E-state index contributed by atoms with van der Waals surface area (Å²) >= 11 is 0. The number of anilines is 1. The van der Waals surface area contributed by atoms with Gasteiger partial charge in [-0.15, -0.1) is 0 Å². The largest absolute Gasteiger partial charge is 0.432 e. The molecule has 0 aromatic carbocycles. The average Bonchev–Trinajstić information content (AvgIpc) is 2.71. The first-order valence-electron chi connectivity index (χ1n) is 5.68. The molecule has 0 amide bonds. The third-order valence-electron chi connectivity index (χ3n) is 2.75. The van der Waals surface area contributed by atoms with Crippen LogP contribution in [0.4, 0.5) is 6.01 Å². The van der Waals surface area contributed by atoms with E-state index in [9.17, 15) is 0 Å². The smallest absolute Gasteiger partial charge is 0.297 e. The maximum absolute atomic E-state index is 5.57. The van der Waals surface area contributed by atoms with Crippen LogP contribution >= 0.6 is 0 Å². The van der Waals surface area contributed by atoms with Gasteiger partial charge < -0.3 is 19.4 Å². The van der Waals surface area contributed by atoms with Gasteiger partial charge in [-0.05, 0) is 20.9 Å². The molecule has 0 spiro atoms. The van der Waals surface area contributed by atoms with E-state index in [0.717, 1.165) is 25.4 Å². The summed E-state index contributed by atoms with van der Waals surface area (Å²) in [5.41, 5.74) is 0.934. The molecule has 0 radical (unpaired) electrons. The number of nitrogens with zero attached hydrogens (tertiary/aromatic N) is 2. The van der Waals surface area contributed by atoms with Crippen LogP contribution < -0.4 is 10.2 Å². The van der Waals surface area contributed by atoms with Gasteiger partial charge in [0, 0.05) is 13.1 Å². The predicted octanol–water partition coefficient (Wildman–Crippen LogP) is 1.01.